The van der Waals surface area contributed by atoms with Crippen LogP contribution in [0.15, 0.2) is 0 Å². The van der Waals surface area contributed by atoms with Crippen molar-refractivity contribution in [3.05, 3.63) is 0 Å². The van der Waals surface area contributed by atoms with Gasteiger partial charge in [-0.25, -0.2) is 0 Å². The van der Waals surface area contributed by atoms with Gasteiger partial charge >= 0.3 is 0 Å². The van der Waals surface area contributed by atoms with Crippen LogP contribution in [0.2, 0.25) is 0 Å². The topological polar surface area (TPSA) is 3.24 Å². The van der Waals surface area contributed by atoms with Crippen molar-refractivity contribution >= 4 is 23.6 Å². The molecule has 0 amide bonds. The highest BCUT2D eigenvalue weighted by Gasteiger charge is 2.02. The van der Waals surface area contributed by atoms with Gasteiger partial charge in [0.2, 0.25) is 0 Å². The van der Waals surface area contributed by atoms with Crippen LogP contribution in [0.3, 0.4) is 0 Å². The summed E-state index contributed by atoms with van der Waals surface area (Å²) in [4.78, 5) is 0. The molecule has 0 aliphatic heterocycles. The SMILES string of the molecule is CCN([SiH2]Br)C(C)C. The summed E-state index contributed by atoms with van der Waals surface area (Å²) in [6.45, 7) is 7.86. The summed E-state index contributed by atoms with van der Waals surface area (Å²) < 4.78 is 2.47. The number of hydrogen-bond donors (Lipinski definition) is 0. The van der Waals surface area contributed by atoms with E-state index in [1.165, 1.54) is 6.54 Å². The van der Waals surface area contributed by atoms with Gasteiger partial charge < -0.3 is 4.57 Å². The van der Waals surface area contributed by atoms with E-state index >= 15 is 0 Å². The minimum atomic E-state index is -0.0737. The summed E-state index contributed by atoms with van der Waals surface area (Å²) in [5.41, 5.74) is 0. The number of rotatable bonds is 3. The molecule has 0 saturated carbocycles. The van der Waals surface area contributed by atoms with Crippen LogP contribution in [0.1, 0.15) is 20.8 Å². The minimum Gasteiger partial charge on any atom is -0.318 e. The van der Waals surface area contributed by atoms with E-state index in [9.17, 15) is 0 Å². The quantitative estimate of drug-likeness (QED) is 0.482. The molecule has 0 heterocycles. The molecule has 1 nitrogen and oxygen atoms in total. The molecule has 0 N–H and O–H groups in total. The number of nitrogens with zero attached hydrogens (tertiary/aromatic N) is 1. The monoisotopic (exact) mass is 195 g/mol. The molecule has 0 spiro atoms. The second kappa shape index (κ2) is 4.53. The molecule has 0 aromatic heterocycles. The van der Waals surface area contributed by atoms with E-state index < -0.39 is 0 Å². The average Bonchev–Trinajstić information content (AvgIpc) is 1.69. The van der Waals surface area contributed by atoms with Crippen molar-refractivity contribution in [1.29, 1.82) is 0 Å². The average molecular weight is 196 g/mol. The van der Waals surface area contributed by atoms with Crippen LogP contribution >= 0.6 is 15.3 Å². The Kier molecular flexibility index (Phi) is 4.90. The van der Waals surface area contributed by atoms with Crippen molar-refractivity contribution in [1.82, 2.24) is 4.57 Å². The van der Waals surface area contributed by atoms with Gasteiger partial charge in [-0.05, 0) is 12.6 Å². The Morgan fingerprint density at radius 2 is 2.12 bits per heavy atom. The molecule has 8 heavy (non-hydrogen) atoms. The fraction of sp³-hybridized carbons (Fsp3) is 1.00. The zero-order chi connectivity index (χ0) is 6.57. The lowest BCUT2D eigenvalue weighted by Gasteiger charge is -2.20. The van der Waals surface area contributed by atoms with Crippen molar-refractivity contribution in [3.8, 4) is 0 Å². The zero-order valence-electron chi connectivity index (χ0n) is 5.82. The van der Waals surface area contributed by atoms with E-state index in [4.69, 9.17) is 0 Å². The maximum Gasteiger partial charge on any atom is 0.171 e. The minimum absolute atomic E-state index is 0.0737. The molecule has 0 aromatic carbocycles. The largest absolute Gasteiger partial charge is 0.318 e. The van der Waals surface area contributed by atoms with Crippen LogP contribution in [0.25, 0.3) is 0 Å². The first kappa shape index (κ1) is 8.66. The molecule has 0 rings (SSSR count). The van der Waals surface area contributed by atoms with Gasteiger partial charge in [0.05, 0.1) is 0 Å². The van der Waals surface area contributed by atoms with Crippen molar-refractivity contribution in [3.63, 3.8) is 0 Å². The fourth-order valence-corrected chi connectivity index (χ4v) is 3.83. The molecule has 0 aliphatic carbocycles. The molecule has 0 aliphatic rings. The third kappa shape index (κ3) is 2.84. The maximum absolute atomic E-state index is 3.54. The van der Waals surface area contributed by atoms with Crippen LogP contribution in [-0.2, 0) is 0 Å². The number of hydrogen-bond acceptors (Lipinski definition) is 1. The molecule has 50 valence electrons. The molecule has 0 aromatic rings. The predicted molar refractivity (Wildman–Crippen MR) is 45.0 cm³/mol. The second-order valence-electron chi connectivity index (χ2n) is 2.12. The lowest BCUT2D eigenvalue weighted by atomic mass is 10.4. The van der Waals surface area contributed by atoms with E-state index in [2.05, 4.69) is 40.6 Å². The van der Waals surface area contributed by atoms with E-state index in [0.717, 1.165) is 6.04 Å². The van der Waals surface area contributed by atoms with E-state index in [-0.39, 0.29) is 8.30 Å². The highest BCUT2D eigenvalue weighted by Crippen LogP contribution is 1.96. The summed E-state index contributed by atoms with van der Waals surface area (Å²) in [5.74, 6) is 0. The van der Waals surface area contributed by atoms with Crippen LogP contribution in [0.4, 0.5) is 0 Å². The Morgan fingerprint density at radius 1 is 1.62 bits per heavy atom. The first-order valence-corrected chi connectivity index (χ1v) is 7.55. The van der Waals surface area contributed by atoms with Crippen LogP contribution in [0.5, 0.6) is 0 Å². The van der Waals surface area contributed by atoms with E-state index in [1.807, 2.05) is 0 Å². The van der Waals surface area contributed by atoms with Crippen molar-refractivity contribution in [2.24, 2.45) is 0 Å². The first-order valence-electron chi connectivity index (χ1n) is 3.02. The smallest absolute Gasteiger partial charge is 0.171 e. The summed E-state index contributed by atoms with van der Waals surface area (Å²) in [7, 11) is -0.0737. The maximum atomic E-state index is 3.54. The van der Waals surface area contributed by atoms with E-state index in [1.54, 1.807) is 0 Å². The van der Waals surface area contributed by atoms with Gasteiger partial charge in [-0.15, -0.1) is 15.3 Å². The Balaban J connectivity index is 3.35. The summed E-state index contributed by atoms with van der Waals surface area (Å²) in [5, 5.41) is 0. The zero-order valence-corrected chi connectivity index (χ0v) is 8.82. The van der Waals surface area contributed by atoms with Crippen LogP contribution in [0, 0.1) is 0 Å². The Bertz CT molecular complexity index is 54.4. The predicted octanol–water partition coefficient (Wildman–Crippen LogP) is 1.11. The van der Waals surface area contributed by atoms with Crippen molar-refractivity contribution in [2.45, 2.75) is 26.8 Å². The van der Waals surface area contributed by atoms with Crippen molar-refractivity contribution < 1.29 is 0 Å². The Hall–Kier alpha value is 0.657. The molecule has 0 unspecified atom stereocenters. The second-order valence-corrected chi connectivity index (χ2v) is 4.67. The fourth-order valence-electron chi connectivity index (χ4n) is 0.588. The summed E-state index contributed by atoms with van der Waals surface area (Å²) in [6, 6.07) is 0.728. The molecular formula is C5H14BrNSi. The standard InChI is InChI=1S/C5H14BrNSi/c1-4-7(8-6)5(2)3/h5H,4,8H2,1-3H3. The Labute approximate surface area is 61.9 Å². The lowest BCUT2D eigenvalue weighted by molar-refractivity contribution is 0.397. The molecule has 3 heteroatoms. The molecule has 0 saturated heterocycles. The van der Waals surface area contributed by atoms with Gasteiger partial charge in [-0.1, -0.05) is 20.8 Å². The number of halogens is 1. The van der Waals surface area contributed by atoms with Crippen LogP contribution in [-0.4, -0.2) is 25.5 Å². The van der Waals surface area contributed by atoms with Gasteiger partial charge in [0.25, 0.3) is 0 Å². The van der Waals surface area contributed by atoms with Gasteiger partial charge in [0.15, 0.2) is 8.30 Å². The van der Waals surface area contributed by atoms with Gasteiger partial charge in [0, 0.05) is 0 Å². The lowest BCUT2D eigenvalue weighted by Crippen LogP contribution is -2.31. The normalized spacial score (nSPS) is 12.8. The third-order valence-electron chi connectivity index (χ3n) is 1.29. The molecular weight excluding hydrogens is 182 g/mol. The third-order valence-corrected chi connectivity index (χ3v) is 4.71. The van der Waals surface area contributed by atoms with Crippen LogP contribution < -0.4 is 0 Å². The highest BCUT2D eigenvalue weighted by molar-refractivity contribution is 9.23. The first-order chi connectivity index (χ1) is 3.72. The molecule has 0 radical (unpaired) electrons. The molecule has 0 atom stereocenters. The molecule has 0 fully saturated rings. The van der Waals surface area contributed by atoms with Crippen molar-refractivity contribution in [2.75, 3.05) is 6.54 Å². The Morgan fingerprint density at radius 3 is 2.12 bits per heavy atom. The van der Waals surface area contributed by atoms with Gasteiger partial charge in [-0.3, -0.25) is 0 Å². The summed E-state index contributed by atoms with van der Waals surface area (Å²) >= 11 is 3.54. The summed E-state index contributed by atoms with van der Waals surface area (Å²) in [6.07, 6.45) is 0. The molecule has 0 bridgehead atoms. The highest BCUT2D eigenvalue weighted by atomic mass is 79.9. The van der Waals surface area contributed by atoms with Gasteiger partial charge in [0.1, 0.15) is 0 Å². The van der Waals surface area contributed by atoms with Gasteiger partial charge in [-0.2, -0.15) is 0 Å². The van der Waals surface area contributed by atoms with E-state index in [0.29, 0.717) is 0 Å².